The zero-order chi connectivity index (χ0) is 18.3. The third kappa shape index (κ3) is 3.38. The topological polar surface area (TPSA) is 57.8 Å². The molecule has 2 aliphatic heterocycles. The molecule has 1 aromatic heterocycles. The number of nitrogens with zero attached hydrogens (tertiary/aromatic N) is 2. The van der Waals surface area contributed by atoms with Gasteiger partial charge >= 0.3 is 6.09 Å². The summed E-state index contributed by atoms with van der Waals surface area (Å²) in [5, 5.41) is 1.20. The molecule has 0 atom stereocenters. The molecule has 1 saturated heterocycles. The van der Waals surface area contributed by atoms with E-state index in [2.05, 4.69) is 28.1 Å². The van der Waals surface area contributed by atoms with E-state index in [4.69, 9.17) is 9.47 Å². The highest BCUT2D eigenvalue weighted by Crippen LogP contribution is 2.31. The summed E-state index contributed by atoms with van der Waals surface area (Å²) in [4.78, 5) is 20.1. The average molecular weight is 357 g/mol. The van der Waals surface area contributed by atoms with Crippen LogP contribution in [0.5, 0.6) is 0 Å². The summed E-state index contributed by atoms with van der Waals surface area (Å²) < 4.78 is 11.0. The standard InChI is InChI=1S/C20H27N3O3/c1-20(2,3)26-19(24)23-7-6-17-16(13-23)15-5-4-14(12-18(15)21-17)22-8-10-25-11-9-22/h4-5,12,21H,6-11,13H2,1-3H3. The van der Waals surface area contributed by atoms with Crippen molar-refractivity contribution < 1.29 is 14.3 Å². The van der Waals surface area contributed by atoms with E-state index in [9.17, 15) is 4.79 Å². The van der Waals surface area contributed by atoms with E-state index >= 15 is 0 Å². The number of aromatic nitrogens is 1. The Morgan fingerprint density at radius 3 is 2.69 bits per heavy atom. The summed E-state index contributed by atoms with van der Waals surface area (Å²) in [7, 11) is 0. The lowest BCUT2D eigenvalue weighted by molar-refractivity contribution is 0.0224. The van der Waals surface area contributed by atoms with Gasteiger partial charge in [-0.05, 0) is 32.9 Å². The zero-order valence-electron chi connectivity index (χ0n) is 15.8. The van der Waals surface area contributed by atoms with Crippen molar-refractivity contribution in [1.82, 2.24) is 9.88 Å². The number of hydrogen-bond donors (Lipinski definition) is 1. The highest BCUT2D eigenvalue weighted by Gasteiger charge is 2.28. The predicted octanol–water partition coefficient (Wildman–Crippen LogP) is 3.30. The second-order valence-corrected chi connectivity index (χ2v) is 8.06. The van der Waals surface area contributed by atoms with Crippen molar-refractivity contribution in [3.63, 3.8) is 0 Å². The molecule has 1 N–H and O–H groups in total. The number of anilines is 1. The molecule has 2 aliphatic rings. The third-order valence-electron chi connectivity index (χ3n) is 4.99. The average Bonchev–Trinajstić information content (AvgIpc) is 2.98. The minimum Gasteiger partial charge on any atom is -0.444 e. The van der Waals surface area contributed by atoms with Crippen LogP contribution in [0.4, 0.5) is 10.5 Å². The van der Waals surface area contributed by atoms with Gasteiger partial charge < -0.3 is 24.3 Å². The molecule has 2 aromatic rings. The van der Waals surface area contributed by atoms with Gasteiger partial charge in [0.05, 0.1) is 19.8 Å². The van der Waals surface area contributed by atoms with Crippen molar-refractivity contribution in [1.29, 1.82) is 0 Å². The van der Waals surface area contributed by atoms with Crippen molar-refractivity contribution in [2.45, 2.75) is 39.3 Å². The first-order valence-corrected chi connectivity index (χ1v) is 9.35. The first-order chi connectivity index (χ1) is 12.4. The SMILES string of the molecule is CC(C)(C)OC(=O)N1CCc2[nH]c3cc(N4CCOCC4)ccc3c2C1. The summed E-state index contributed by atoms with van der Waals surface area (Å²) >= 11 is 0. The van der Waals surface area contributed by atoms with Crippen LogP contribution in [0.2, 0.25) is 0 Å². The summed E-state index contributed by atoms with van der Waals surface area (Å²) in [5.41, 5.74) is 4.35. The van der Waals surface area contributed by atoms with Gasteiger partial charge in [0, 0.05) is 53.9 Å². The minimum atomic E-state index is -0.468. The van der Waals surface area contributed by atoms with Crippen LogP contribution in [0.1, 0.15) is 32.0 Å². The maximum Gasteiger partial charge on any atom is 0.410 e. The molecular formula is C20H27N3O3. The molecule has 1 amide bonds. The quantitative estimate of drug-likeness (QED) is 0.851. The molecule has 0 radical (unpaired) electrons. The normalized spacial score (nSPS) is 18.1. The van der Waals surface area contributed by atoms with Gasteiger partial charge in [-0.15, -0.1) is 0 Å². The maximum atomic E-state index is 12.4. The first kappa shape index (κ1) is 17.2. The van der Waals surface area contributed by atoms with E-state index in [-0.39, 0.29) is 6.09 Å². The molecule has 0 saturated carbocycles. The van der Waals surface area contributed by atoms with Crippen LogP contribution < -0.4 is 4.90 Å². The second-order valence-electron chi connectivity index (χ2n) is 8.06. The van der Waals surface area contributed by atoms with E-state index in [0.29, 0.717) is 13.1 Å². The van der Waals surface area contributed by atoms with E-state index in [0.717, 1.165) is 38.2 Å². The molecule has 4 rings (SSSR count). The third-order valence-corrected chi connectivity index (χ3v) is 4.99. The monoisotopic (exact) mass is 357 g/mol. The molecule has 6 nitrogen and oxygen atoms in total. The van der Waals surface area contributed by atoms with Crippen LogP contribution in [0.25, 0.3) is 10.9 Å². The van der Waals surface area contributed by atoms with Crippen molar-refractivity contribution in [3.05, 3.63) is 29.5 Å². The minimum absolute atomic E-state index is 0.234. The summed E-state index contributed by atoms with van der Waals surface area (Å²) in [6.07, 6.45) is 0.596. The largest absolute Gasteiger partial charge is 0.444 e. The lowest BCUT2D eigenvalue weighted by atomic mass is 10.0. The Hall–Kier alpha value is -2.21. The molecule has 26 heavy (non-hydrogen) atoms. The van der Waals surface area contributed by atoms with E-state index in [1.165, 1.54) is 22.3 Å². The molecular weight excluding hydrogens is 330 g/mol. The van der Waals surface area contributed by atoms with Gasteiger partial charge in [-0.25, -0.2) is 4.79 Å². The number of morpholine rings is 1. The lowest BCUT2D eigenvalue weighted by Gasteiger charge is -2.30. The molecule has 1 aromatic carbocycles. The van der Waals surface area contributed by atoms with Gasteiger partial charge in [-0.3, -0.25) is 0 Å². The maximum absolute atomic E-state index is 12.4. The molecule has 6 heteroatoms. The number of benzene rings is 1. The van der Waals surface area contributed by atoms with Crippen LogP contribution in [-0.4, -0.2) is 54.4 Å². The zero-order valence-corrected chi connectivity index (χ0v) is 15.8. The van der Waals surface area contributed by atoms with Crippen molar-refractivity contribution in [2.75, 3.05) is 37.7 Å². The Morgan fingerprint density at radius 2 is 1.96 bits per heavy atom. The number of hydrogen-bond acceptors (Lipinski definition) is 4. The number of ether oxygens (including phenoxy) is 2. The Kier molecular flexibility index (Phi) is 4.31. The van der Waals surface area contributed by atoms with Crippen molar-refractivity contribution in [3.8, 4) is 0 Å². The Bertz CT molecular complexity index is 816. The van der Waals surface area contributed by atoms with E-state index in [1.54, 1.807) is 4.90 Å². The summed E-state index contributed by atoms with van der Waals surface area (Å²) in [6, 6.07) is 6.57. The Labute approximate surface area is 154 Å². The molecule has 0 aliphatic carbocycles. The number of carbonyl (C=O) groups excluding carboxylic acids is 1. The molecule has 3 heterocycles. The number of nitrogens with one attached hydrogen (secondary N) is 1. The highest BCUT2D eigenvalue weighted by molar-refractivity contribution is 5.88. The van der Waals surface area contributed by atoms with Crippen LogP contribution >= 0.6 is 0 Å². The first-order valence-electron chi connectivity index (χ1n) is 9.35. The van der Waals surface area contributed by atoms with Crippen molar-refractivity contribution in [2.24, 2.45) is 0 Å². The Balaban J connectivity index is 1.57. The molecule has 140 valence electrons. The van der Waals surface area contributed by atoms with Gasteiger partial charge in [0.1, 0.15) is 5.60 Å². The number of fused-ring (bicyclic) bond motifs is 3. The van der Waals surface area contributed by atoms with Gasteiger partial charge in [-0.1, -0.05) is 6.07 Å². The van der Waals surface area contributed by atoms with Crippen molar-refractivity contribution >= 4 is 22.7 Å². The summed E-state index contributed by atoms with van der Waals surface area (Å²) in [5.74, 6) is 0. The number of H-pyrrole nitrogens is 1. The number of aromatic amines is 1. The highest BCUT2D eigenvalue weighted by atomic mass is 16.6. The molecule has 0 spiro atoms. The van der Waals surface area contributed by atoms with Crippen LogP contribution in [-0.2, 0) is 22.4 Å². The van der Waals surface area contributed by atoms with Gasteiger partial charge in [0.25, 0.3) is 0 Å². The van der Waals surface area contributed by atoms with E-state index < -0.39 is 5.60 Å². The lowest BCUT2D eigenvalue weighted by Crippen LogP contribution is -2.39. The second kappa shape index (κ2) is 6.50. The fraction of sp³-hybridized carbons (Fsp3) is 0.550. The fourth-order valence-electron chi connectivity index (χ4n) is 3.71. The molecule has 1 fully saturated rings. The number of carbonyl (C=O) groups is 1. The van der Waals surface area contributed by atoms with Gasteiger partial charge in [0.15, 0.2) is 0 Å². The van der Waals surface area contributed by atoms with Crippen LogP contribution in [0, 0.1) is 0 Å². The van der Waals surface area contributed by atoms with Crippen LogP contribution in [0.15, 0.2) is 18.2 Å². The predicted molar refractivity (Wildman–Crippen MR) is 102 cm³/mol. The number of rotatable bonds is 1. The van der Waals surface area contributed by atoms with Crippen LogP contribution in [0.3, 0.4) is 0 Å². The summed E-state index contributed by atoms with van der Waals surface area (Å²) in [6.45, 7) is 10.4. The van der Waals surface area contributed by atoms with Gasteiger partial charge in [0.2, 0.25) is 0 Å². The smallest absolute Gasteiger partial charge is 0.410 e. The molecule has 0 unspecified atom stereocenters. The van der Waals surface area contributed by atoms with Gasteiger partial charge in [-0.2, -0.15) is 0 Å². The van der Waals surface area contributed by atoms with E-state index in [1.807, 2.05) is 20.8 Å². The Morgan fingerprint density at radius 1 is 1.19 bits per heavy atom. The number of amides is 1. The fourth-order valence-corrected chi connectivity index (χ4v) is 3.71. The molecule has 0 bridgehead atoms.